The molecule has 0 radical (unpaired) electrons. The number of nitro groups is 1. The summed E-state index contributed by atoms with van der Waals surface area (Å²) in [4.78, 5) is 43.0. The maximum Gasteiger partial charge on any atom is 0.293 e. The van der Waals surface area contributed by atoms with Gasteiger partial charge in [-0.25, -0.2) is 0 Å². The number of aromatic nitrogens is 1. The summed E-state index contributed by atoms with van der Waals surface area (Å²) in [7, 11) is 0. The van der Waals surface area contributed by atoms with Gasteiger partial charge in [0.25, 0.3) is 11.6 Å². The fourth-order valence-electron chi connectivity index (χ4n) is 4.34. The molecule has 188 valence electrons. The van der Waals surface area contributed by atoms with Gasteiger partial charge in [0.2, 0.25) is 5.91 Å². The third-order valence-corrected chi connectivity index (χ3v) is 6.35. The van der Waals surface area contributed by atoms with Crippen molar-refractivity contribution in [2.75, 3.05) is 25.0 Å². The molecule has 0 unspecified atom stereocenters. The van der Waals surface area contributed by atoms with E-state index in [2.05, 4.69) is 22.5 Å². The van der Waals surface area contributed by atoms with Crippen molar-refractivity contribution in [1.29, 1.82) is 0 Å². The Morgan fingerprint density at radius 1 is 1.23 bits per heavy atom. The second-order valence-electron chi connectivity index (χ2n) is 9.05. The minimum atomic E-state index is -0.491. The number of nitrogens with one attached hydrogen (secondary N) is 2. The predicted molar refractivity (Wildman–Crippen MR) is 135 cm³/mol. The van der Waals surface area contributed by atoms with Crippen molar-refractivity contribution in [2.45, 2.75) is 58.4 Å². The second-order valence-corrected chi connectivity index (χ2v) is 9.05. The molecule has 1 aromatic carbocycles. The Morgan fingerprint density at radius 2 is 2.06 bits per heavy atom. The highest BCUT2D eigenvalue weighted by molar-refractivity contribution is 5.96. The number of nitrogens with zero attached hydrogens (tertiary/aromatic N) is 3. The van der Waals surface area contributed by atoms with Crippen LogP contribution in [0.25, 0.3) is 0 Å². The number of unbranched alkanes of at least 4 members (excludes halogenated alkanes) is 3. The molecule has 9 nitrogen and oxygen atoms in total. The molecule has 0 spiro atoms. The van der Waals surface area contributed by atoms with E-state index >= 15 is 0 Å². The molecule has 1 aromatic heterocycles. The monoisotopic (exact) mass is 481 g/mol. The molecular weight excluding hydrogens is 446 g/mol. The SMILES string of the molecule is CCCCCCNC(=O)[C@@H]1CCCN(C(=O)c2ccc(N[C@@H](C)c3ccccn3)c([N+](=O)[O-])c2)C1. The molecule has 0 aliphatic carbocycles. The summed E-state index contributed by atoms with van der Waals surface area (Å²) in [5.41, 5.74) is 1.15. The Morgan fingerprint density at radius 3 is 2.77 bits per heavy atom. The number of amides is 2. The average molecular weight is 482 g/mol. The van der Waals surface area contributed by atoms with Crippen LogP contribution in [0.15, 0.2) is 42.6 Å². The highest BCUT2D eigenvalue weighted by atomic mass is 16.6. The van der Waals surface area contributed by atoms with Crippen LogP contribution in [-0.2, 0) is 4.79 Å². The highest BCUT2D eigenvalue weighted by Gasteiger charge is 2.30. The molecule has 1 fully saturated rings. The first-order valence-corrected chi connectivity index (χ1v) is 12.4. The van der Waals surface area contributed by atoms with Gasteiger partial charge in [-0.2, -0.15) is 0 Å². The lowest BCUT2D eigenvalue weighted by Gasteiger charge is -2.32. The number of hydrogen-bond donors (Lipinski definition) is 2. The first-order valence-electron chi connectivity index (χ1n) is 12.4. The third-order valence-electron chi connectivity index (χ3n) is 6.35. The topological polar surface area (TPSA) is 117 Å². The van der Waals surface area contributed by atoms with Crippen LogP contribution in [0.3, 0.4) is 0 Å². The van der Waals surface area contributed by atoms with Crippen molar-refractivity contribution in [2.24, 2.45) is 5.92 Å². The molecule has 3 rings (SSSR count). The van der Waals surface area contributed by atoms with Gasteiger partial charge in [0.05, 0.1) is 22.6 Å². The van der Waals surface area contributed by atoms with E-state index in [1.54, 1.807) is 23.2 Å². The van der Waals surface area contributed by atoms with Crippen LogP contribution in [0.4, 0.5) is 11.4 Å². The Hall–Kier alpha value is -3.49. The van der Waals surface area contributed by atoms with Gasteiger partial charge >= 0.3 is 0 Å². The van der Waals surface area contributed by atoms with E-state index in [4.69, 9.17) is 0 Å². The van der Waals surface area contributed by atoms with Gasteiger partial charge < -0.3 is 15.5 Å². The standard InChI is InChI=1S/C26H35N5O4/c1-3-4-5-7-15-28-25(32)21-10-9-16-30(18-21)26(33)20-12-13-23(24(17-20)31(34)35)29-19(2)22-11-6-8-14-27-22/h6,8,11-14,17,19,21,29H,3-5,7,9-10,15-16,18H2,1-2H3,(H,28,32)/t19-,21+/m0/s1. The van der Waals surface area contributed by atoms with Crippen molar-refractivity contribution in [3.05, 3.63) is 64.0 Å². The minimum Gasteiger partial charge on any atom is -0.371 e. The summed E-state index contributed by atoms with van der Waals surface area (Å²) in [5.74, 6) is -0.570. The summed E-state index contributed by atoms with van der Waals surface area (Å²) < 4.78 is 0. The number of pyridine rings is 1. The van der Waals surface area contributed by atoms with Crippen LogP contribution in [0, 0.1) is 16.0 Å². The molecule has 2 N–H and O–H groups in total. The average Bonchev–Trinajstić information content (AvgIpc) is 2.88. The summed E-state index contributed by atoms with van der Waals surface area (Å²) in [6.07, 6.45) is 7.48. The van der Waals surface area contributed by atoms with Gasteiger partial charge in [-0.15, -0.1) is 0 Å². The number of carbonyl (C=O) groups is 2. The number of likely N-dealkylation sites (tertiary alicyclic amines) is 1. The molecule has 9 heteroatoms. The normalized spacial score (nSPS) is 16.4. The molecule has 0 saturated carbocycles. The number of benzene rings is 1. The van der Waals surface area contributed by atoms with Crippen LogP contribution >= 0.6 is 0 Å². The number of piperidine rings is 1. The zero-order chi connectivity index (χ0) is 25.2. The Kier molecular flexibility index (Phi) is 9.57. The molecule has 2 atom stereocenters. The van der Waals surface area contributed by atoms with Crippen LogP contribution in [-0.4, -0.2) is 46.3 Å². The van der Waals surface area contributed by atoms with Crippen LogP contribution < -0.4 is 10.6 Å². The van der Waals surface area contributed by atoms with Crippen molar-refractivity contribution in [3.8, 4) is 0 Å². The van der Waals surface area contributed by atoms with Crippen LogP contribution in [0.1, 0.15) is 74.5 Å². The number of hydrogen-bond acceptors (Lipinski definition) is 6. The number of rotatable bonds is 11. The lowest BCUT2D eigenvalue weighted by Crippen LogP contribution is -2.45. The van der Waals surface area contributed by atoms with Crippen molar-refractivity contribution < 1.29 is 14.5 Å². The second kappa shape index (κ2) is 12.8. The zero-order valence-corrected chi connectivity index (χ0v) is 20.5. The molecule has 35 heavy (non-hydrogen) atoms. The quantitative estimate of drug-likeness (QED) is 0.273. The molecule has 1 saturated heterocycles. The third kappa shape index (κ3) is 7.24. The maximum absolute atomic E-state index is 13.2. The van der Waals surface area contributed by atoms with Gasteiger partial charge in [-0.1, -0.05) is 32.3 Å². The Balaban J connectivity index is 1.65. The molecule has 2 amide bonds. The van der Waals surface area contributed by atoms with Gasteiger partial charge in [0, 0.05) is 37.5 Å². The number of anilines is 1. The van der Waals surface area contributed by atoms with Crippen LogP contribution in [0.5, 0.6) is 0 Å². The van der Waals surface area contributed by atoms with Gasteiger partial charge in [0.15, 0.2) is 0 Å². The first-order chi connectivity index (χ1) is 16.9. The summed E-state index contributed by atoms with van der Waals surface area (Å²) in [6, 6.07) is 9.73. The molecular formula is C26H35N5O4. The van der Waals surface area contributed by atoms with E-state index in [1.165, 1.54) is 6.07 Å². The smallest absolute Gasteiger partial charge is 0.293 e. The lowest BCUT2D eigenvalue weighted by atomic mass is 9.96. The summed E-state index contributed by atoms with van der Waals surface area (Å²) >= 11 is 0. The van der Waals surface area contributed by atoms with Crippen LogP contribution in [0.2, 0.25) is 0 Å². The van der Waals surface area contributed by atoms with E-state index in [1.807, 2.05) is 25.1 Å². The highest BCUT2D eigenvalue weighted by Crippen LogP contribution is 2.30. The first kappa shape index (κ1) is 26.1. The fourth-order valence-corrected chi connectivity index (χ4v) is 4.34. The van der Waals surface area contributed by atoms with Crippen molar-refractivity contribution in [1.82, 2.24) is 15.2 Å². The molecule has 1 aliphatic rings. The molecule has 1 aliphatic heterocycles. The number of carbonyl (C=O) groups excluding carboxylic acids is 2. The van der Waals surface area contributed by atoms with E-state index in [-0.39, 0.29) is 35.0 Å². The van der Waals surface area contributed by atoms with Gasteiger partial charge in [-0.3, -0.25) is 24.7 Å². The van der Waals surface area contributed by atoms with E-state index < -0.39 is 4.92 Å². The van der Waals surface area contributed by atoms with E-state index in [9.17, 15) is 19.7 Å². The number of nitro benzene ring substituents is 1. The lowest BCUT2D eigenvalue weighted by molar-refractivity contribution is -0.384. The minimum absolute atomic E-state index is 0.0203. The predicted octanol–water partition coefficient (Wildman–Crippen LogP) is 4.71. The van der Waals surface area contributed by atoms with E-state index in [0.717, 1.165) is 44.2 Å². The van der Waals surface area contributed by atoms with Crippen molar-refractivity contribution in [3.63, 3.8) is 0 Å². The molecule has 2 aromatic rings. The van der Waals surface area contributed by atoms with Gasteiger partial charge in [0.1, 0.15) is 5.69 Å². The Bertz CT molecular complexity index is 1010. The zero-order valence-electron chi connectivity index (χ0n) is 20.5. The summed E-state index contributed by atoms with van der Waals surface area (Å²) in [5, 5.41) is 17.9. The maximum atomic E-state index is 13.2. The van der Waals surface area contributed by atoms with Crippen molar-refractivity contribution >= 4 is 23.2 Å². The fraction of sp³-hybridized carbons (Fsp3) is 0.500. The van der Waals surface area contributed by atoms with Gasteiger partial charge in [-0.05, 0) is 50.5 Å². The molecule has 2 heterocycles. The Labute approximate surface area is 206 Å². The molecule has 0 bridgehead atoms. The van der Waals surface area contributed by atoms with E-state index in [0.29, 0.717) is 25.3 Å². The summed E-state index contributed by atoms with van der Waals surface area (Å²) in [6.45, 7) is 5.52. The largest absolute Gasteiger partial charge is 0.371 e.